The van der Waals surface area contributed by atoms with Gasteiger partial charge in [-0.15, -0.1) is 11.8 Å². The Morgan fingerprint density at radius 1 is 1.39 bits per heavy atom. The molecule has 96 valence electrons. The average Bonchev–Trinajstić information content (AvgIpc) is 2.71. The molecule has 0 radical (unpaired) electrons. The van der Waals surface area contributed by atoms with E-state index in [4.69, 9.17) is 0 Å². The number of halogens is 2. The molecule has 2 nitrogen and oxygen atoms in total. The molecule has 0 bridgehead atoms. The molecule has 0 amide bonds. The smallest absolute Gasteiger partial charge is 0.183 e. The lowest BCUT2D eigenvalue weighted by molar-refractivity contribution is 0.591. The maximum absolute atomic E-state index is 13.4. The molecular weight excluding hydrogens is 274 g/mol. The number of benzene rings is 1. The molecule has 1 N–H and O–H groups in total. The Morgan fingerprint density at radius 2 is 2.17 bits per heavy atom. The summed E-state index contributed by atoms with van der Waals surface area (Å²) in [5.41, 5.74) is 1.28. The zero-order chi connectivity index (χ0) is 13.1. The van der Waals surface area contributed by atoms with Crippen molar-refractivity contribution in [1.82, 2.24) is 4.98 Å². The monoisotopic (exact) mass is 286 g/mol. The molecule has 0 saturated carbocycles. The van der Waals surface area contributed by atoms with Gasteiger partial charge in [0.05, 0.1) is 9.90 Å². The van der Waals surface area contributed by atoms with E-state index in [9.17, 15) is 8.78 Å². The van der Waals surface area contributed by atoms with Crippen LogP contribution >= 0.6 is 23.1 Å². The number of nitrogens with zero attached hydrogens (tertiary/aromatic N) is 1. The lowest BCUT2D eigenvalue weighted by atomic mass is 10.2. The van der Waals surface area contributed by atoms with Gasteiger partial charge >= 0.3 is 0 Å². The largest absolute Gasteiger partial charge is 0.365 e. The summed E-state index contributed by atoms with van der Waals surface area (Å²) in [6.45, 7) is 1.90. The number of rotatable bonds is 4. The maximum atomic E-state index is 13.4. The number of hydrogen-bond donors (Lipinski definition) is 1. The van der Waals surface area contributed by atoms with Crippen LogP contribution < -0.4 is 5.32 Å². The summed E-state index contributed by atoms with van der Waals surface area (Å²) in [5.74, 6) is -0.390. The van der Waals surface area contributed by atoms with Gasteiger partial charge in [-0.05, 0) is 25.1 Å². The van der Waals surface area contributed by atoms with Gasteiger partial charge < -0.3 is 5.32 Å². The summed E-state index contributed by atoms with van der Waals surface area (Å²) in [7, 11) is 1.80. The standard InChI is InChI=1S/C12H12F2N2S2/c1-7-11(18-12(15-2)16-7)17-6-8-5-9(13)3-4-10(8)14/h3-5H,6H2,1-2H3,(H,15,16). The number of thiazole rings is 1. The molecule has 1 aromatic carbocycles. The topological polar surface area (TPSA) is 24.9 Å². The first kappa shape index (κ1) is 13.3. The first-order valence-electron chi connectivity index (χ1n) is 5.32. The molecule has 0 aliphatic rings. The van der Waals surface area contributed by atoms with Gasteiger partial charge in [0.15, 0.2) is 5.13 Å². The Bertz CT molecular complexity index is 555. The van der Waals surface area contributed by atoms with Gasteiger partial charge in [0.2, 0.25) is 0 Å². The number of aromatic nitrogens is 1. The first-order chi connectivity index (χ1) is 8.60. The van der Waals surface area contributed by atoms with Crippen LogP contribution in [0.3, 0.4) is 0 Å². The Hall–Kier alpha value is -1.14. The molecular formula is C12H12F2N2S2. The van der Waals surface area contributed by atoms with Crippen LogP contribution in [-0.4, -0.2) is 12.0 Å². The van der Waals surface area contributed by atoms with Crippen molar-refractivity contribution >= 4 is 28.2 Å². The van der Waals surface area contributed by atoms with E-state index in [-0.39, 0.29) is 5.82 Å². The van der Waals surface area contributed by atoms with Gasteiger partial charge in [-0.3, -0.25) is 0 Å². The van der Waals surface area contributed by atoms with Gasteiger partial charge in [-0.25, -0.2) is 13.8 Å². The number of thioether (sulfide) groups is 1. The Kier molecular flexibility index (Phi) is 4.19. The van der Waals surface area contributed by atoms with E-state index in [0.29, 0.717) is 11.3 Å². The molecule has 2 rings (SSSR count). The van der Waals surface area contributed by atoms with Crippen molar-refractivity contribution in [3.8, 4) is 0 Å². The fraction of sp³-hybridized carbons (Fsp3) is 0.250. The van der Waals surface area contributed by atoms with Crippen LogP contribution in [0.1, 0.15) is 11.3 Å². The van der Waals surface area contributed by atoms with Gasteiger partial charge in [0, 0.05) is 18.4 Å². The Morgan fingerprint density at radius 3 is 2.83 bits per heavy atom. The summed E-state index contributed by atoms with van der Waals surface area (Å²) >= 11 is 2.98. The van der Waals surface area contributed by atoms with Crippen LogP contribution in [-0.2, 0) is 5.75 Å². The predicted octanol–water partition coefficient (Wildman–Crippen LogP) is 4.06. The minimum atomic E-state index is -0.413. The number of nitrogens with one attached hydrogen (secondary N) is 1. The van der Waals surface area contributed by atoms with E-state index >= 15 is 0 Å². The Labute approximate surface area is 112 Å². The van der Waals surface area contributed by atoms with Gasteiger partial charge in [0.25, 0.3) is 0 Å². The zero-order valence-corrected chi connectivity index (χ0v) is 11.6. The molecule has 0 fully saturated rings. The van der Waals surface area contributed by atoms with E-state index in [0.717, 1.165) is 27.2 Å². The maximum Gasteiger partial charge on any atom is 0.183 e. The summed E-state index contributed by atoms with van der Waals surface area (Å²) in [4.78, 5) is 4.30. The third-order valence-electron chi connectivity index (χ3n) is 2.33. The first-order valence-corrected chi connectivity index (χ1v) is 7.12. The van der Waals surface area contributed by atoms with Gasteiger partial charge in [-0.1, -0.05) is 11.3 Å². The van der Waals surface area contributed by atoms with Crippen molar-refractivity contribution in [2.45, 2.75) is 16.9 Å². The van der Waals surface area contributed by atoms with Crippen molar-refractivity contribution in [3.05, 3.63) is 41.1 Å². The fourth-order valence-electron chi connectivity index (χ4n) is 1.42. The number of anilines is 1. The molecule has 0 aliphatic carbocycles. The van der Waals surface area contributed by atoms with Crippen molar-refractivity contribution in [2.75, 3.05) is 12.4 Å². The molecule has 6 heteroatoms. The molecule has 18 heavy (non-hydrogen) atoms. The van der Waals surface area contributed by atoms with Crippen molar-refractivity contribution in [3.63, 3.8) is 0 Å². The van der Waals surface area contributed by atoms with E-state index in [1.807, 2.05) is 6.92 Å². The van der Waals surface area contributed by atoms with E-state index < -0.39 is 5.82 Å². The molecule has 0 aliphatic heterocycles. The summed E-state index contributed by atoms with van der Waals surface area (Å²) in [6.07, 6.45) is 0. The minimum Gasteiger partial charge on any atom is -0.365 e. The van der Waals surface area contributed by atoms with Crippen molar-refractivity contribution < 1.29 is 8.78 Å². The zero-order valence-electron chi connectivity index (χ0n) is 9.96. The van der Waals surface area contributed by atoms with Gasteiger partial charge in [0.1, 0.15) is 11.6 Å². The highest BCUT2D eigenvalue weighted by atomic mass is 32.2. The van der Waals surface area contributed by atoms with Crippen LogP contribution in [0.5, 0.6) is 0 Å². The van der Waals surface area contributed by atoms with Crippen LogP contribution in [0.25, 0.3) is 0 Å². The Balaban J connectivity index is 2.11. The number of aryl methyl sites for hydroxylation is 1. The van der Waals surface area contributed by atoms with Crippen LogP contribution in [0.2, 0.25) is 0 Å². The fourth-order valence-corrected chi connectivity index (χ4v) is 3.49. The molecule has 1 aromatic heterocycles. The van der Waals surface area contributed by atoms with Crippen LogP contribution in [0.15, 0.2) is 22.4 Å². The second-order valence-corrected chi connectivity index (χ2v) is 5.91. The van der Waals surface area contributed by atoms with E-state index in [2.05, 4.69) is 10.3 Å². The normalized spacial score (nSPS) is 10.7. The van der Waals surface area contributed by atoms with Crippen LogP contribution in [0, 0.1) is 18.6 Å². The second-order valence-electron chi connectivity index (χ2n) is 3.67. The summed E-state index contributed by atoms with van der Waals surface area (Å²) < 4.78 is 27.5. The number of hydrogen-bond acceptors (Lipinski definition) is 4. The van der Waals surface area contributed by atoms with Crippen LogP contribution in [0.4, 0.5) is 13.9 Å². The second kappa shape index (κ2) is 5.67. The molecule has 1 heterocycles. The SMILES string of the molecule is CNc1nc(C)c(SCc2cc(F)ccc2F)s1. The molecule has 0 saturated heterocycles. The molecule has 0 spiro atoms. The molecule has 0 atom stereocenters. The quantitative estimate of drug-likeness (QED) is 0.858. The highest BCUT2D eigenvalue weighted by Crippen LogP contribution is 2.34. The highest BCUT2D eigenvalue weighted by Gasteiger charge is 2.09. The third-order valence-corrected chi connectivity index (χ3v) is 4.92. The van der Waals surface area contributed by atoms with Crippen molar-refractivity contribution in [1.29, 1.82) is 0 Å². The van der Waals surface area contributed by atoms with E-state index in [1.165, 1.54) is 29.2 Å². The third kappa shape index (κ3) is 3.00. The van der Waals surface area contributed by atoms with E-state index in [1.54, 1.807) is 7.05 Å². The predicted molar refractivity (Wildman–Crippen MR) is 72.3 cm³/mol. The van der Waals surface area contributed by atoms with Gasteiger partial charge in [-0.2, -0.15) is 0 Å². The molecule has 2 aromatic rings. The highest BCUT2D eigenvalue weighted by molar-refractivity contribution is 8.00. The average molecular weight is 286 g/mol. The van der Waals surface area contributed by atoms with Crippen molar-refractivity contribution in [2.24, 2.45) is 0 Å². The minimum absolute atomic E-state index is 0.374. The summed E-state index contributed by atoms with van der Waals surface area (Å²) in [6, 6.07) is 3.52. The molecule has 0 unspecified atom stereocenters. The summed E-state index contributed by atoms with van der Waals surface area (Å²) in [5, 5.41) is 3.80. The lowest BCUT2D eigenvalue weighted by Crippen LogP contribution is -1.89. The lowest BCUT2D eigenvalue weighted by Gasteiger charge is -2.02.